The largest absolute Gasteiger partial charge is 0.462 e. The van der Waals surface area contributed by atoms with Gasteiger partial charge in [0.15, 0.2) is 0 Å². The smallest absolute Gasteiger partial charge is 0.343 e. The Morgan fingerprint density at radius 2 is 2.17 bits per heavy atom. The van der Waals surface area contributed by atoms with E-state index in [2.05, 4.69) is 25.9 Å². The minimum absolute atomic E-state index is 0.0353. The van der Waals surface area contributed by atoms with Gasteiger partial charge in [-0.2, -0.15) is 0 Å². The molecule has 2 rings (SSSR count). The number of fused-ring (bicyclic) bond motifs is 1. The third-order valence-corrected chi connectivity index (χ3v) is 4.56. The summed E-state index contributed by atoms with van der Waals surface area (Å²) < 4.78 is 15.4. The van der Waals surface area contributed by atoms with Gasteiger partial charge in [0.25, 0.3) is 0 Å². The van der Waals surface area contributed by atoms with Crippen LogP contribution in [0, 0.1) is 0 Å². The van der Waals surface area contributed by atoms with Gasteiger partial charge in [-0.05, 0) is 13.0 Å². The van der Waals surface area contributed by atoms with E-state index in [1.54, 1.807) is 33.4 Å². The third-order valence-electron chi connectivity index (χ3n) is 3.55. The number of aromatic amines is 1. The Balaban J connectivity index is 2.53. The van der Waals surface area contributed by atoms with Gasteiger partial charge in [-0.15, -0.1) is 0 Å². The van der Waals surface area contributed by atoms with Crippen LogP contribution in [0.3, 0.4) is 0 Å². The number of esters is 1. The predicted octanol–water partition coefficient (Wildman–Crippen LogP) is 2.20. The van der Waals surface area contributed by atoms with Gasteiger partial charge in [-0.3, -0.25) is 9.78 Å². The fourth-order valence-electron chi connectivity index (χ4n) is 2.34. The molecule has 2 aromatic heterocycles. The average molecular weight is 399 g/mol. The average Bonchev–Trinajstić information content (AvgIpc) is 2.59. The molecule has 0 radical (unpaired) electrons. The summed E-state index contributed by atoms with van der Waals surface area (Å²) in [4.78, 5) is 31.7. The van der Waals surface area contributed by atoms with Crippen molar-refractivity contribution in [3.8, 4) is 0 Å². The number of alkyl halides is 1. The lowest BCUT2D eigenvalue weighted by Gasteiger charge is -2.20. The molecular formula is C16H19BrN2O5. The van der Waals surface area contributed by atoms with Crippen molar-refractivity contribution in [1.29, 1.82) is 0 Å². The van der Waals surface area contributed by atoms with Crippen LogP contribution in [0.5, 0.6) is 0 Å². The fourth-order valence-corrected chi connectivity index (χ4v) is 2.76. The number of carbonyl (C=O) groups is 1. The number of ether oxygens (including phenoxy) is 3. The monoisotopic (exact) mass is 398 g/mol. The van der Waals surface area contributed by atoms with Crippen LogP contribution < -0.4 is 5.43 Å². The van der Waals surface area contributed by atoms with Gasteiger partial charge in [-0.1, -0.05) is 15.9 Å². The number of H-pyrrole nitrogens is 1. The zero-order valence-corrected chi connectivity index (χ0v) is 15.3. The van der Waals surface area contributed by atoms with Crippen molar-refractivity contribution in [1.82, 2.24) is 9.97 Å². The number of methoxy groups -OCH3 is 2. The molecule has 130 valence electrons. The summed E-state index contributed by atoms with van der Waals surface area (Å²) in [6, 6.07) is 1.65. The van der Waals surface area contributed by atoms with Crippen molar-refractivity contribution in [3.63, 3.8) is 0 Å². The number of hydrogen-bond acceptors (Lipinski definition) is 6. The van der Waals surface area contributed by atoms with Crippen LogP contribution >= 0.6 is 15.9 Å². The van der Waals surface area contributed by atoms with Crippen molar-refractivity contribution in [2.24, 2.45) is 0 Å². The molecule has 2 unspecified atom stereocenters. The Morgan fingerprint density at radius 1 is 1.42 bits per heavy atom. The molecule has 2 aromatic rings. The Labute approximate surface area is 147 Å². The van der Waals surface area contributed by atoms with Gasteiger partial charge in [0, 0.05) is 25.8 Å². The molecule has 0 aliphatic rings. The normalized spacial score (nSPS) is 13.7. The van der Waals surface area contributed by atoms with Gasteiger partial charge < -0.3 is 19.2 Å². The summed E-state index contributed by atoms with van der Waals surface area (Å²) in [6.07, 6.45) is 2.90. The van der Waals surface area contributed by atoms with E-state index >= 15 is 0 Å². The lowest BCUT2D eigenvalue weighted by Crippen LogP contribution is -2.22. The summed E-state index contributed by atoms with van der Waals surface area (Å²) >= 11 is 3.42. The Hall–Kier alpha value is -1.77. The molecule has 24 heavy (non-hydrogen) atoms. The summed E-state index contributed by atoms with van der Waals surface area (Å²) in [5, 5.41) is 0.0391. The summed E-state index contributed by atoms with van der Waals surface area (Å²) in [5.41, 5.74) is 0.730. The maximum Gasteiger partial charge on any atom is 0.343 e. The van der Waals surface area contributed by atoms with E-state index in [0.717, 1.165) is 0 Å². The molecule has 1 N–H and O–H groups in total. The second-order valence-corrected chi connectivity index (χ2v) is 5.96. The summed E-state index contributed by atoms with van der Waals surface area (Å²) in [6.45, 7) is 2.25. The molecule has 0 saturated carbocycles. The number of halogens is 1. The molecular weight excluding hydrogens is 380 g/mol. The SMILES string of the molecule is CCOC(=O)c1c[nH]c2cnc(C(COC)C(Br)OC)cc2c1=O. The molecule has 0 amide bonds. The highest BCUT2D eigenvalue weighted by molar-refractivity contribution is 9.09. The number of hydrogen-bond donors (Lipinski definition) is 1. The molecule has 7 nitrogen and oxygen atoms in total. The quantitative estimate of drug-likeness (QED) is 0.567. The van der Waals surface area contributed by atoms with Crippen LogP contribution in [0.15, 0.2) is 23.3 Å². The lowest BCUT2D eigenvalue weighted by molar-refractivity contribution is 0.0524. The zero-order valence-electron chi connectivity index (χ0n) is 13.7. The van der Waals surface area contributed by atoms with Crippen LogP contribution in [-0.2, 0) is 14.2 Å². The topological polar surface area (TPSA) is 90.5 Å². The molecule has 0 bridgehead atoms. The molecule has 2 heterocycles. The predicted molar refractivity (Wildman–Crippen MR) is 92.7 cm³/mol. The highest BCUT2D eigenvalue weighted by Crippen LogP contribution is 2.26. The Morgan fingerprint density at radius 3 is 2.79 bits per heavy atom. The lowest BCUT2D eigenvalue weighted by atomic mass is 10.0. The van der Waals surface area contributed by atoms with Crippen LogP contribution in [0.4, 0.5) is 0 Å². The van der Waals surface area contributed by atoms with Gasteiger partial charge >= 0.3 is 5.97 Å². The maximum atomic E-state index is 12.6. The Bertz CT molecular complexity index is 777. The van der Waals surface area contributed by atoms with Crippen LogP contribution in [0.1, 0.15) is 28.9 Å². The molecule has 0 aliphatic carbocycles. The van der Waals surface area contributed by atoms with Crippen molar-refractivity contribution < 1.29 is 19.0 Å². The van der Waals surface area contributed by atoms with Crippen molar-refractivity contribution >= 4 is 32.8 Å². The minimum Gasteiger partial charge on any atom is -0.462 e. The number of rotatable bonds is 7. The first-order valence-electron chi connectivity index (χ1n) is 7.37. The number of aromatic nitrogens is 2. The van der Waals surface area contributed by atoms with E-state index < -0.39 is 11.4 Å². The zero-order chi connectivity index (χ0) is 17.7. The summed E-state index contributed by atoms with van der Waals surface area (Å²) in [5.74, 6) is -0.863. The summed E-state index contributed by atoms with van der Waals surface area (Å²) in [7, 11) is 3.14. The van der Waals surface area contributed by atoms with E-state index in [-0.39, 0.29) is 23.1 Å². The first-order valence-corrected chi connectivity index (χ1v) is 8.29. The number of carbonyl (C=O) groups excluding carboxylic acids is 1. The van der Waals surface area contributed by atoms with E-state index in [4.69, 9.17) is 14.2 Å². The molecule has 0 fully saturated rings. The molecule has 0 aliphatic heterocycles. The highest BCUT2D eigenvalue weighted by Gasteiger charge is 2.23. The van der Waals surface area contributed by atoms with E-state index in [0.29, 0.717) is 23.2 Å². The van der Waals surface area contributed by atoms with Crippen LogP contribution in [0.2, 0.25) is 0 Å². The van der Waals surface area contributed by atoms with Crippen LogP contribution in [-0.4, -0.2) is 48.4 Å². The highest BCUT2D eigenvalue weighted by atomic mass is 79.9. The van der Waals surface area contributed by atoms with Gasteiger partial charge in [0.1, 0.15) is 10.6 Å². The fraction of sp³-hybridized carbons (Fsp3) is 0.438. The number of nitrogens with zero attached hydrogens (tertiary/aromatic N) is 1. The number of pyridine rings is 2. The van der Waals surface area contributed by atoms with Crippen molar-refractivity contribution in [3.05, 3.63) is 39.9 Å². The first-order chi connectivity index (χ1) is 11.5. The molecule has 0 spiro atoms. The molecule has 2 atom stereocenters. The van der Waals surface area contributed by atoms with Crippen molar-refractivity contribution in [2.75, 3.05) is 27.4 Å². The third kappa shape index (κ3) is 3.82. The Kier molecular flexibility index (Phi) is 6.47. The second-order valence-electron chi connectivity index (χ2n) is 5.06. The molecule has 8 heteroatoms. The standard InChI is InChI=1S/C16H19BrN2O5/c1-4-24-16(21)10-6-18-13-7-19-12(5-9(13)14(10)20)11(8-22-2)15(17)23-3/h5-7,11,15H,4,8H2,1-3H3,(H,18,20). The van der Waals surface area contributed by atoms with E-state index in [1.807, 2.05) is 0 Å². The van der Waals surface area contributed by atoms with Gasteiger partial charge in [0.05, 0.1) is 36.5 Å². The van der Waals surface area contributed by atoms with Gasteiger partial charge in [0.2, 0.25) is 5.43 Å². The molecule has 0 aromatic carbocycles. The van der Waals surface area contributed by atoms with Gasteiger partial charge in [-0.25, -0.2) is 4.79 Å². The number of nitrogens with one attached hydrogen (secondary N) is 1. The second kappa shape index (κ2) is 8.36. The minimum atomic E-state index is -0.650. The first kappa shape index (κ1) is 18.6. The molecule has 0 saturated heterocycles. The van der Waals surface area contributed by atoms with Crippen molar-refractivity contribution in [2.45, 2.75) is 17.9 Å². The maximum absolute atomic E-state index is 12.6. The van der Waals surface area contributed by atoms with Crippen LogP contribution in [0.25, 0.3) is 10.9 Å². The van der Waals surface area contributed by atoms with E-state index in [9.17, 15) is 9.59 Å². The van der Waals surface area contributed by atoms with E-state index in [1.165, 1.54) is 6.20 Å².